The van der Waals surface area contributed by atoms with Crippen molar-refractivity contribution in [2.45, 2.75) is 24.8 Å². The summed E-state index contributed by atoms with van der Waals surface area (Å²) in [7, 11) is 0. The van der Waals surface area contributed by atoms with Crippen molar-refractivity contribution in [1.82, 2.24) is 24.6 Å². The third kappa shape index (κ3) is 4.54. The minimum absolute atomic E-state index is 0.0629. The SMILES string of the molecule is CCN(CC)C(=O)c1csc(CSc2nnc(-c3ccco3)n2-c2ccc(F)cc2)n1. The first kappa shape index (κ1) is 21.3. The second kappa shape index (κ2) is 9.44. The third-order valence-corrected chi connectivity index (χ3v) is 6.58. The second-order valence-electron chi connectivity index (χ2n) is 6.49. The number of nitrogens with zero attached hydrogens (tertiary/aromatic N) is 5. The summed E-state index contributed by atoms with van der Waals surface area (Å²) >= 11 is 2.88. The molecule has 7 nitrogen and oxygen atoms in total. The highest BCUT2D eigenvalue weighted by molar-refractivity contribution is 7.98. The van der Waals surface area contributed by atoms with Crippen molar-refractivity contribution in [3.05, 3.63) is 64.6 Å². The zero-order valence-corrected chi connectivity index (χ0v) is 18.6. The first-order valence-electron chi connectivity index (χ1n) is 9.72. The lowest BCUT2D eigenvalue weighted by Gasteiger charge is -2.16. The molecule has 160 valence electrons. The van der Waals surface area contributed by atoms with Crippen LogP contribution in [0.1, 0.15) is 29.3 Å². The lowest BCUT2D eigenvalue weighted by molar-refractivity contribution is 0.0768. The van der Waals surface area contributed by atoms with Gasteiger partial charge >= 0.3 is 0 Å². The second-order valence-corrected chi connectivity index (χ2v) is 8.37. The fourth-order valence-electron chi connectivity index (χ4n) is 3.03. The summed E-state index contributed by atoms with van der Waals surface area (Å²) in [6.45, 7) is 5.19. The number of rotatable bonds is 8. The average molecular weight is 458 g/mol. The van der Waals surface area contributed by atoms with E-state index in [2.05, 4.69) is 15.2 Å². The highest BCUT2D eigenvalue weighted by Crippen LogP contribution is 2.30. The van der Waals surface area contributed by atoms with Crippen LogP contribution in [0.4, 0.5) is 4.39 Å². The molecule has 0 radical (unpaired) electrons. The normalized spacial score (nSPS) is 11.1. The predicted molar refractivity (Wildman–Crippen MR) is 118 cm³/mol. The molecule has 0 N–H and O–H groups in total. The van der Waals surface area contributed by atoms with Crippen LogP contribution in [0.15, 0.2) is 57.6 Å². The number of aromatic nitrogens is 4. The molecule has 1 amide bonds. The topological polar surface area (TPSA) is 77.0 Å². The maximum atomic E-state index is 13.4. The van der Waals surface area contributed by atoms with E-state index in [9.17, 15) is 9.18 Å². The highest BCUT2D eigenvalue weighted by atomic mass is 32.2. The minimum atomic E-state index is -0.321. The van der Waals surface area contributed by atoms with E-state index in [-0.39, 0.29) is 11.7 Å². The lowest BCUT2D eigenvalue weighted by atomic mass is 10.3. The number of amides is 1. The Morgan fingerprint density at radius 3 is 2.65 bits per heavy atom. The summed E-state index contributed by atoms with van der Waals surface area (Å²) in [4.78, 5) is 18.7. The first-order chi connectivity index (χ1) is 15.1. The van der Waals surface area contributed by atoms with Gasteiger partial charge in [-0.25, -0.2) is 9.37 Å². The smallest absolute Gasteiger partial charge is 0.273 e. The summed E-state index contributed by atoms with van der Waals surface area (Å²) in [6.07, 6.45) is 1.57. The molecule has 0 fully saturated rings. The van der Waals surface area contributed by atoms with E-state index in [1.54, 1.807) is 40.8 Å². The number of carbonyl (C=O) groups is 1. The molecule has 0 bridgehead atoms. The standard InChI is InChI=1S/C21H20FN5O2S2/c1-3-26(4-2)20(28)16-12-30-18(23-16)13-31-21-25-24-19(17-6-5-11-29-17)27(21)15-9-7-14(22)8-10-15/h5-12H,3-4,13H2,1-2H3. The summed E-state index contributed by atoms with van der Waals surface area (Å²) < 4.78 is 20.8. The number of hydrogen-bond donors (Lipinski definition) is 0. The molecule has 31 heavy (non-hydrogen) atoms. The molecule has 0 spiro atoms. The zero-order chi connectivity index (χ0) is 21.8. The number of furan rings is 1. The Bertz CT molecular complexity index is 1150. The van der Waals surface area contributed by atoms with Crippen molar-refractivity contribution in [2.24, 2.45) is 0 Å². The van der Waals surface area contributed by atoms with Crippen LogP contribution in [0, 0.1) is 5.82 Å². The van der Waals surface area contributed by atoms with Crippen LogP contribution in [0.5, 0.6) is 0 Å². The quantitative estimate of drug-likeness (QED) is 0.350. The molecule has 10 heteroatoms. The van der Waals surface area contributed by atoms with Crippen molar-refractivity contribution in [2.75, 3.05) is 13.1 Å². The van der Waals surface area contributed by atoms with E-state index in [4.69, 9.17) is 4.42 Å². The molecule has 4 aromatic rings. The fourth-order valence-corrected chi connectivity index (χ4v) is 4.76. The Labute approximate surface area is 186 Å². The Balaban J connectivity index is 1.58. The fraction of sp³-hybridized carbons (Fsp3) is 0.238. The van der Waals surface area contributed by atoms with Gasteiger partial charge in [-0.3, -0.25) is 9.36 Å². The zero-order valence-electron chi connectivity index (χ0n) is 17.0. The van der Waals surface area contributed by atoms with Gasteiger partial charge in [-0.2, -0.15) is 0 Å². The van der Waals surface area contributed by atoms with E-state index in [0.29, 0.717) is 41.3 Å². The number of carbonyl (C=O) groups excluding carboxylic acids is 1. The van der Waals surface area contributed by atoms with E-state index in [1.165, 1.54) is 35.2 Å². The molecule has 0 unspecified atom stereocenters. The van der Waals surface area contributed by atoms with Crippen molar-refractivity contribution in [3.8, 4) is 17.3 Å². The molecule has 0 atom stereocenters. The Kier molecular flexibility index (Phi) is 6.47. The van der Waals surface area contributed by atoms with Crippen LogP contribution < -0.4 is 0 Å². The van der Waals surface area contributed by atoms with Crippen molar-refractivity contribution < 1.29 is 13.6 Å². The lowest BCUT2D eigenvalue weighted by Crippen LogP contribution is -2.30. The first-order valence-corrected chi connectivity index (χ1v) is 11.6. The summed E-state index contributed by atoms with van der Waals surface area (Å²) in [6, 6.07) is 9.68. The molecule has 3 aromatic heterocycles. The van der Waals surface area contributed by atoms with Gasteiger partial charge in [0.15, 0.2) is 10.9 Å². The van der Waals surface area contributed by atoms with Gasteiger partial charge in [-0.1, -0.05) is 11.8 Å². The van der Waals surface area contributed by atoms with Crippen LogP contribution in [-0.2, 0) is 5.75 Å². The van der Waals surface area contributed by atoms with Gasteiger partial charge in [0.05, 0.1) is 17.7 Å². The number of halogens is 1. The van der Waals surface area contributed by atoms with Crippen LogP contribution in [-0.4, -0.2) is 43.6 Å². The van der Waals surface area contributed by atoms with Gasteiger partial charge in [0.1, 0.15) is 16.5 Å². The number of hydrogen-bond acceptors (Lipinski definition) is 7. The molecule has 4 rings (SSSR count). The van der Waals surface area contributed by atoms with Crippen LogP contribution >= 0.6 is 23.1 Å². The van der Waals surface area contributed by atoms with Gasteiger partial charge in [-0.05, 0) is 50.2 Å². The Hall–Kier alpha value is -2.98. The Morgan fingerprint density at radius 1 is 1.19 bits per heavy atom. The molecule has 0 saturated carbocycles. The van der Waals surface area contributed by atoms with E-state index >= 15 is 0 Å². The van der Waals surface area contributed by atoms with Gasteiger partial charge in [0.25, 0.3) is 5.91 Å². The molecule has 0 aliphatic heterocycles. The predicted octanol–water partition coefficient (Wildman–Crippen LogP) is 4.90. The summed E-state index contributed by atoms with van der Waals surface area (Å²) in [5.41, 5.74) is 1.18. The van der Waals surface area contributed by atoms with E-state index < -0.39 is 0 Å². The van der Waals surface area contributed by atoms with Gasteiger partial charge in [-0.15, -0.1) is 21.5 Å². The monoisotopic (exact) mass is 457 g/mol. The number of benzene rings is 1. The minimum Gasteiger partial charge on any atom is -0.461 e. The maximum absolute atomic E-state index is 13.4. The molecular weight excluding hydrogens is 437 g/mol. The number of thioether (sulfide) groups is 1. The summed E-state index contributed by atoms with van der Waals surface area (Å²) in [5, 5.41) is 11.8. The maximum Gasteiger partial charge on any atom is 0.273 e. The molecule has 0 aliphatic rings. The largest absolute Gasteiger partial charge is 0.461 e. The number of thiazole rings is 1. The average Bonchev–Trinajstić information content (AvgIpc) is 3.53. The van der Waals surface area contributed by atoms with E-state index in [1.807, 2.05) is 18.4 Å². The molecule has 3 heterocycles. The molecule has 0 saturated heterocycles. The van der Waals surface area contributed by atoms with Crippen molar-refractivity contribution >= 4 is 29.0 Å². The van der Waals surface area contributed by atoms with Crippen LogP contribution in [0.25, 0.3) is 17.3 Å². The molecular formula is C21H20FN5O2S2. The summed E-state index contributed by atoms with van der Waals surface area (Å²) in [5.74, 6) is 1.22. The van der Waals surface area contributed by atoms with Gasteiger partial charge < -0.3 is 9.32 Å². The van der Waals surface area contributed by atoms with Crippen molar-refractivity contribution in [1.29, 1.82) is 0 Å². The van der Waals surface area contributed by atoms with Crippen LogP contribution in [0.3, 0.4) is 0 Å². The molecule has 1 aromatic carbocycles. The van der Waals surface area contributed by atoms with Gasteiger partial charge in [0, 0.05) is 18.5 Å². The molecule has 0 aliphatic carbocycles. The van der Waals surface area contributed by atoms with Gasteiger partial charge in [0.2, 0.25) is 5.82 Å². The third-order valence-electron chi connectivity index (χ3n) is 4.61. The van der Waals surface area contributed by atoms with Crippen molar-refractivity contribution in [3.63, 3.8) is 0 Å². The van der Waals surface area contributed by atoms with Crippen LogP contribution in [0.2, 0.25) is 0 Å². The Morgan fingerprint density at radius 2 is 1.97 bits per heavy atom. The van der Waals surface area contributed by atoms with E-state index in [0.717, 1.165) is 10.7 Å². The highest BCUT2D eigenvalue weighted by Gasteiger charge is 2.20.